The number of hydrogen-bond donors (Lipinski definition) is 2. The first kappa shape index (κ1) is 20.2. The molecular weight excluding hydrogens is 393 g/mol. The maximum atomic E-state index is 12.5. The van der Waals surface area contributed by atoms with Gasteiger partial charge in [0, 0.05) is 24.2 Å². The number of anilines is 1. The number of ether oxygens (including phenoxy) is 1. The molecule has 0 spiro atoms. The highest BCUT2D eigenvalue weighted by Gasteiger charge is 2.30. The van der Waals surface area contributed by atoms with E-state index in [0.29, 0.717) is 4.34 Å². The minimum absolute atomic E-state index is 0.0343. The van der Waals surface area contributed by atoms with E-state index in [1.807, 2.05) is 0 Å². The van der Waals surface area contributed by atoms with Crippen LogP contribution >= 0.6 is 22.9 Å². The number of alkyl halides is 3. The molecule has 0 fully saturated rings. The molecule has 5 nitrogen and oxygen atoms in total. The average Bonchev–Trinajstić information content (AvgIpc) is 3.01. The molecule has 1 aromatic heterocycles. The number of benzene rings is 1. The van der Waals surface area contributed by atoms with E-state index in [-0.39, 0.29) is 12.2 Å². The zero-order valence-corrected chi connectivity index (χ0v) is 15.0. The molecule has 1 atom stereocenters. The number of thiophene rings is 1. The third-order valence-corrected chi connectivity index (χ3v) is 4.64. The van der Waals surface area contributed by atoms with Gasteiger partial charge < -0.3 is 15.4 Å². The molecule has 2 amide bonds. The SMILES string of the molecule is COC(CNC(=O)C(=O)Nc1ccc(C(F)(F)F)cc1)c1ccc(Cl)s1. The van der Waals surface area contributed by atoms with Crippen LogP contribution in [0.15, 0.2) is 36.4 Å². The van der Waals surface area contributed by atoms with Crippen molar-refractivity contribution in [2.75, 3.05) is 19.0 Å². The molecule has 1 unspecified atom stereocenters. The van der Waals surface area contributed by atoms with Crippen LogP contribution < -0.4 is 10.6 Å². The van der Waals surface area contributed by atoms with Gasteiger partial charge in [-0.1, -0.05) is 11.6 Å². The second-order valence-corrected chi connectivity index (χ2v) is 6.85. The number of nitrogens with one attached hydrogen (secondary N) is 2. The van der Waals surface area contributed by atoms with Crippen molar-refractivity contribution in [1.29, 1.82) is 0 Å². The van der Waals surface area contributed by atoms with E-state index in [2.05, 4.69) is 10.6 Å². The molecule has 140 valence electrons. The third-order valence-electron chi connectivity index (χ3n) is 3.32. The van der Waals surface area contributed by atoms with Crippen molar-refractivity contribution in [3.8, 4) is 0 Å². The molecule has 0 bridgehead atoms. The summed E-state index contributed by atoms with van der Waals surface area (Å²) in [5, 5.41) is 4.63. The van der Waals surface area contributed by atoms with Gasteiger partial charge in [0.1, 0.15) is 6.10 Å². The van der Waals surface area contributed by atoms with E-state index in [1.54, 1.807) is 12.1 Å². The van der Waals surface area contributed by atoms with Gasteiger partial charge >= 0.3 is 18.0 Å². The second kappa shape index (κ2) is 8.52. The summed E-state index contributed by atoms with van der Waals surface area (Å²) in [4.78, 5) is 24.5. The van der Waals surface area contributed by atoms with Crippen LogP contribution in [0.5, 0.6) is 0 Å². The van der Waals surface area contributed by atoms with Gasteiger partial charge in [0.15, 0.2) is 0 Å². The standard InChI is InChI=1S/C16H14ClF3N2O3S/c1-25-11(12-6-7-13(17)26-12)8-21-14(23)15(24)22-10-4-2-9(3-5-10)16(18,19)20/h2-7,11H,8H2,1H3,(H,21,23)(H,22,24). The molecule has 0 aliphatic carbocycles. The maximum absolute atomic E-state index is 12.5. The Morgan fingerprint density at radius 1 is 1.15 bits per heavy atom. The lowest BCUT2D eigenvalue weighted by molar-refractivity contribution is -0.137. The fourth-order valence-corrected chi connectivity index (χ4v) is 3.14. The van der Waals surface area contributed by atoms with Crippen molar-refractivity contribution in [3.63, 3.8) is 0 Å². The van der Waals surface area contributed by atoms with Gasteiger partial charge in [-0.2, -0.15) is 13.2 Å². The van der Waals surface area contributed by atoms with Crippen LogP contribution in [0.1, 0.15) is 16.5 Å². The lowest BCUT2D eigenvalue weighted by Crippen LogP contribution is -2.37. The van der Waals surface area contributed by atoms with Crippen molar-refractivity contribution >= 4 is 40.4 Å². The maximum Gasteiger partial charge on any atom is 0.416 e. The van der Waals surface area contributed by atoms with Gasteiger partial charge in [-0.25, -0.2) is 0 Å². The first-order valence-corrected chi connectivity index (χ1v) is 8.44. The molecule has 26 heavy (non-hydrogen) atoms. The molecule has 2 aromatic rings. The number of rotatable bonds is 5. The molecule has 1 aromatic carbocycles. The predicted molar refractivity (Wildman–Crippen MR) is 92.2 cm³/mol. The lowest BCUT2D eigenvalue weighted by Gasteiger charge is -2.14. The van der Waals surface area contributed by atoms with Crippen molar-refractivity contribution in [2.45, 2.75) is 12.3 Å². The number of carbonyl (C=O) groups excluding carboxylic acids is 2. The van der Waals surface area contributed by atoms with Crippen molar-refractivity contribution in [3.05, 3.63) is 51.2 Å². The normalized spacial score (nSPS) is 12.5. The van der Waals surface area contributed by atoms with Crippen LogP contribution in [0.25, 0.3) is 0 Å². The van der Waals surface area contributed by atoms with Gasteiger partial charge in [-0.05, 0) is 36.4 Å². The quantitative estimate of drug-likeness (QED) is 0.741. The Kier molecular flexibility index (Phi) is 6.63. The second-order valence-electron chi connectivity index (χ2n) is 5.11. The first-order valence-electron chi connectivity index (χ1n) is 7.25. The van der Waals surface area contributed by atoms with Crippen LogP contribution in [0, 0.1) is 0 Å². The lowest BCUT2D eigenvalue weighted by atomic mass is 10.2. The molecule has 10 heteroatoms. The van der Waals surface area contributed by atoms with Gasteiger partial charge in [0.25, 0.3) is 0 Å². The minimum atomic E-state index is -4.47. The molecule has 0 radical (unpaired) electrons. The molecule has 0 aliphatic rings. The number of halogens is 4. The molecular formula is C16H14ClF3N2O3S. The Hall–Kier alpha value is -2.10. The van der Waals surface area contributed by atoms with Gasteiger partial charge in [-0.3, -0.25) is 9.59 Å². The summed E-state index contributed by atoms with van der Waals surface area (Å²) in [6.07, 6.45) is -4.95. The molecule has 0 saturated heterocycles. The van der Waals surface area contributed by atoms with Gasteiger partial charge in [0.05, 0.1) is 9.90 Å². The van der Waals surface area contributed by atoms with E-state index in [4.69, 9.17) is 16.3 Å². The topological polar surface area (TPSA) is 67.4 Å². The predicted octanol–water partition coefficient (Wildman–Crippen LogP) is 3.86. The number of amides is 2. The number of carbonyl (C=O) groups is 2. The minimum Gasteiger partial charge on any atom is -0.374 e. The molecule has 2 N–H and O–H groups in total. The van der Waals surface area contributed by atoms with Crippen LogP contribution in [0.4, 0.5) is 18.9 Å². The summed E-state index contributed by atoms with van der Waals surface area (Å²) < 4.78 is 43.3. The van der Waals surface area contributed by atoms with E-state index in [1.165, 1.54) is 18.4 Å². The molecule has 1 heterocycles. The summed E-state index contributed by atoms with van der Waals surface area (Å²) in [5.41, 5.74) is -0.774. The molecule has 2 rings (SSSR count). The summed E-state index contributed by atoms with van der Waals surface area (Å²) in [7, 11) is 1.45. The van der Waals surface area contributed by atoms with E-state index in [9.17, 15) is 22.8 Å². The van der Waals surface area contributed by atoms with Crippen LogP contribution in [0.2, 0.25) is 4.34 Å². The fraction of sp³-hybridized carbons (Fsp3) is 0.250. The fourth-order valence-electron chi connectivity index (χ4n) is 2.00. The highest BCUT2D eigenvalue weighted by Crippen LogP contribution is 2.30. The highest BCUT2D eigenvalue weighted by molar-refractivity contribution is 7.16. The average molecular weight is 407 g/mol. The third kappa shape index (κ3) is 5.45. The molecule has 0 saturated carbocycles. The largest absolute Gasteiger partial charge is 0.416 e. The highest BCUT2D eigenvalue weighted by atomic mass is 35.5. The zero-order chi connectivity index (χ0) is 19.3. The Morgan fingerprint density at radius 2 is 1.81 bits per heavy atom. The smallest absolute Gasteiger partial charge is 0.374 e. The van der Waals surface area contributed by atoms with Crippen LogP contribution in [-0.4, -0.2) is 25.5 Å². The van der Waals surface area contributed by atoms with Crippen molar-refractivity contribution in [1.82, 2.24) is 5.32 Å². The molecule has 0 aliphatic heterocycles. The van der Waals surface area contributed by atoms with E-state index < -0.39 is 29.7 Å². The summed E-state index contributed by atoms with van der Waals surface area (Å²) >= 11 is 7.13. The Morgan fingerprint density at radius 3 is 2.31 bits per heavy atom. The van der Waals surface area contributed by atoms with Gasteiger partial charge in [0.2, 0.25) is 0 Å². The Labute approximate surface area is 156 Å². The first-order chi connectivity index (χ1) is 12.2. The van der Waals surface area contributed by atoms with E-state index >= 15 is 0 Å². The summed E-state index contributed by atoms with van der Waals surface area (Å²) in [5.74, 6) is -1.93. The number of methoxy groups -OCH3 is 1. The zero-order valence-electron chi connectivity index (χ0n) is 13.4. The van der Waals surface area contributed by atoms with Crippen molar-refractivity contribution in [2.24, 2.45) is 0 Å². The van der Waals surface area contributed by atoms with Crippen molar-refractivity contribution < 1.29 is 27.5 Å². The monoisotopic (exact) mass is 406 g/mol. The van der Waals surface area contributed by atoms with Gasteiger partial charge in [-0.15, -0.1) is 11.3 Å². The Balaban J connectivity index is 1.90. The van der Waals surface area contributed by atoms with E-state index in [0.717, 1.165) is 29.1 Å². The summed E-state index contributed by atoms with van der Waals surface area (Å²) in [6.45, 7) is 0.0343. The Bertz CT molecular complexity index is 778. The van der Waals surface area contributed by atoms with Crippen LogP contribution in [-0.2, 0) is 20.5 Å². The number of hydrogen-bond acceptors (Lipinski definition) is 4. The summed E-state index contributed by atoms with van der Waals surface area (Å²) in [6, 6.07) is 7.20. The van der Waals surface area contributed by atoms with Crippen LogP contribution in [0.3, 0.4) is 0 Å².